The summed E-state index contributed by atoms with van der Waals surface area (Å²) >= 11 is 41.3. The van der Waals surface area contributed by atoms with Gasteiger partial charge in [-0.3, -0.25) is 19.2 Å². The highest BCUT2D eigenvalue weighted by Crippen LogP contribution is 2.37. The first-order valence-corrected chi connectivity index (χ1v) is 46.0. The monoisotopic (exact) mass is 1920 g/mol. The minimum atomic E-state index is -4.11. The van der Waals surface area contributed by atoms with E-state index >= 15 is 0 Å². The molecule has 8 aromatic rings. The molecule has 42 heteroatoms. The van der Waals surface area contributed by atoms with Gasteiger partial charge in [-0.15, -0.1) is 0 Å². The van der Waals surface area contributed by atoms with Gasteiger partial charge in [0.25, 0.3) is 23.6 Å². The van der Waals surface area contributed by atoms with Crippen LogP contribution in [0.5, 0.6) is 0 Å². The second-order valence-electron chi connectivity index (χ2n) is 30.4. The zero-order valence-corrected chi connectivity index (χ0v) is 73.5. The maximum Gasteiger partial charge on any atom is 0.257 e. The van der Waals surface area contributed by atoms with Crippen LogP contribution >= 0.6 is 81.2 Å². The fourth-order valence-electron chi connectivity index (χ4n) is 13.5. The maximum absolute atomic E-state index is 13.5. The van der Waals surface area contributed by atoms with Crippen LogP contribution in [0.15, 0.2) is 153 Å². The molecule has 6 unspecified atom stereocenters. The number of aliphatic hydroxyl groups is 4. The van der Waals surface area contributed by atoms with Crippen LogP contribution in [0.2, 0.25) is 35.2 Å². The summed E-state index contributed by atoms with van der Waals surface area (Å²) in [6.07, 6.45) is 9.58. The zero-order valence-electron chi connectivity index (χ0n) is 64.9. The van der Waals surface area contributed by atoms with Gasteiger partial charge in [-0.2, -0.15) is 0 Å². The van der Waals surface area contributed by atoms with Gasteiger partial charge < -0.3 is 41.7 Å². The predicted octanol–water partition coefficient (Wildman–Crippen LogP) is 17.2. The summed E-state index contributed by atoms with van der Waals surface area (Å²) in [6.45, 7) is 6.47. The van der Waals surface area contributed by atoms with Crippen molar-refractivity contribution in [3.63, 3.8) is 0 Å². The summed E-state index contributed by atoms with van der Waals surface area (Å²) in [5.74, 6) is -11.6. The Balaban J connectivity index is 0.000000185. The van der Waals surface area contributed by atoms with Gasteiger partial charge in [0.15, 0.2) is 29.1 Å². The SMILES string of the molecule is CC1(O)CCC(NS(=O)(=O)c2ccc(Cl)c(C(=O)Nc3ccc(F)c(Cl)c3)c2)CC1.CC1(O)CCCCC1NS(=O)(=O)c1ccc(Cl)c(C(=O)Nc2cc(F)c(F)c(Cl)c2)c1.CC1(O)CCCCC1NS(=O)(=O)c1ccc(Cl)c(C(=O)Nc2cc(F)c(F)c(F)c2)c1.CC1(O)CCCCC1NS(=O)(=O)c1ccc(Cl)c(C(=O)Nc2ccc(F)c(Cl)c2)c1. The second kappa shape index (κ2) is 40.5. The molecule has 4 saturated carbocycles. The van der Waals surface area contributed by atoms with Crippen LogP contribution in [-0.2, 0) is 40.1 Å². The van der Waals surface area contributed by atoms with Gasteiger partial charge in [0.2, 0.25) is 40.1 Å². The van der Waals surface area contributed by atoms with Crippen molar-refractivity contribution in [1.29, 1.82) is 0 Å². The molecule has 0 spiro atoms. The number of amides is 4. The van der Waals surface area contributed by atoms with Gasteiger partial charge in [-0.1, -0.05) is 120 Å². The Morgan fingerprint density at radius 1 is 0.311 bits per heavy atom. The maximum atomic E-state index is 13.5. The lowest BCUT2D eigenvalue weighted by molar-refractivity contribution is -0.00245. The number of rotatable bonds is 20. The number of hydrogen-bond donors (Lipinski definition) is 12. The molecule has 0 aliphatic heterocycles. The summed E-state index contributed by atoms with van der Waals surface area (Å²) in [7, 11) is -16.1. The molecule has 12 rings (SSSR count). The van der Waals surface area contributed by atoms with Gasteiger partial charge >= 0.3 is 0 Å². The van der Waals surface area contributed by atoms with Gasteiger partial charge in [0, 0.05) is 47.0 Å². The number of nitrogens with one attached hydrogen (secondary N) is 8. The second-order valence-corrected chi connectivity index (χ2v) is 40.1. The number of sulfonamides is 4. The first-order chi connectivity index (χ1) is 56.8. The molecule has 0 radical (unpaired) electrons. The molecule has 660 valence electrons. The molecule has 8 aromatic carbocycles. The number of halogens is 14. The average Bonchev–Trinajstić information content (AvgIpc) is 0.799. The molecule has 0 heterocycles. The molecule has 0 bridgehead atoms. The topological polar surface area (TPSA) is 382 Å². The van der Waals surface area contributed by atoms with Gasteiger partial charge in [-0.05, 0) is 207 Å². The van der Waals surface area contributed by atoms with Gasteiger partial charge in [-0.25, -0.2) is 83.3 Å². The molecule has 24 nitrogen and oxygen atoms in total. The quantitative estimate of drug-likeness (QED) is 0.0249. The van der Waals surface area contributed by atoms with Crippen molar-refractivity contribution >= 4 is 168 Å². The lowest BCUT2D eigenvalue weighted by Crippen LogP contribution is -2.52. The lowest BCUT2D eigenvalue weighted by atomic mass is 9.82. The molecule has 6 atom stereocenters. The standard InChI is InChI=1S/C20H20Cl2F2N2O4S.2C20H21Cl2FN2O4S.C20H20ClF3N2O4S/c1-20(28)7-3-2-4-17(20)26-31(29,30)12-5-6-14(21)13(10-12)19(27)25-11-8-15(22)18(24)16(23)9-11;1-20(27)8-6-12(7-9-20)25-30(28,29)14-3-4-16(21)15(11-14)19(26)24-13-2-5-18(23)17(22)10-13;1-20(27)9-3-2-4-18(20)25-30(28,29)13-6-7-15(21)14(11-13)19(26)24-12-5-8-17(23)16(22)10-12;1-20(28)7-3-2-4-17(20)26-31(29,30)12-5-6-14(21)13(10-12)19(27)25-11-8-15(22)18(24)16(23)9-11/h5-6,8-10,17,26,28H,2-4,7H2,1H3,(H,25,27);2-5,10-12,25,27H,6-9H2,1H3,(H,24,26);5-8,10-11,18,25,27H,2-4,9H2,1H3,(H,24,26);5-6,8-10,17,26,28H,2-4,7H2,1H3,(H,25,27). The molecule has 4 aliphatic rings. The largest absolute Gasteiger partial charge is 0.390 e. The van der Waals surface area contributed by atoms with Crippen LogP contribution in [0.3, 0.4) is 0 Å². The molecule has 4 amide bonds. The van der Waals surface area contributed by atoms with Crippen molar-refractivity contribution in [2.75, 3.05) is 21.3 Å². The lowest BCUT2D eigenvalue weighted by Gasteiger charge is -2.37. The van der Waals surface area contributed by atoms with E-state index in [2.05, 4.69) is 40.2 Å². The molecule has 4 aliphatic carbocycles. The van der Waals surface area contributed by atoms with E-state index in [4.69, 9.17) is 81.2 Å². The molecular formula is C80H82Cl7F7N8O16S4. The summed E-state index contributed by atoms with van der Waals surface area (Å²) in [4.78, 5) is 49.6. The highest BCUT2D eigenvalue weighted by atomic mass is 35.5. The first kappa shape index (κ1) is 98.5. The summed E-state index contributed by atoms with van der Waals surface area (Å²) in [5.41, 5.74) is -4.96. The Hall–Kier alpha value is -7.34. The van der Waals surface area contributed by atoms with E-state index < -0.39 is 150 Å². The first-order valence-electron chi connectivity index (χ1n) is 37.4. The number of hydrogen-bond acceptors (Lipinski definition) is 16. The molecule has 4 fully saturated rings. The minimum absolute atomic E-state index is 0.0457. The number of carbonyl (C=O) groups excluding carboxylic acids is 4. The van der Waals surface area contributed by atoms with Gasteiger partial charge in [0.1, 0.15) is 11.6 Å². The van der Waals surface area contributed by atoms with Crippen molar-refractivity contribution < 1.29 is 104 Å². The number of benzene rings is 8. The zero-order chi connectivity index (χ0) is 90.2. The fraction of sp³-hybridized carbons (Fsp3) is 0.350. The van der Waals surface area contributed by atoms with Crippen LogP contribution in [0.4, 0.5) is 53.5 Å². The van der Waals surface area contributed by atoms with E-state index in [0.717, 1.165) is 81.0 Å². The van der Waals surface area contributed by atoms with Crippen molar-refractivity contribution in [1.82, 2.24) is 18.9 Å². The van der Waals surface area contributed by atoms with E-state index in [1.807, 2.05) is 0 Å². The fourth-order valence-corrected chi connectivity index (χ4v) is 20.4. The molecular weight excluding hydrogens is 1840 g/mol. The van der Waals surface area contributed by atoms with E-state index in [0.29, 0.717) is 76.3 Å². The summed E-state index contributed by atoms with van der Waals surface area (Å²) < 4.78 is 206. The Bertz CT molecular complexity index is 5560. The van der Waals surface area contributed by atoms with Crippen LogP contribution in [0.25, 0.3) is 0 Å². The van der Waals surface area contributed by atoms with Crippen molar-refractivity contribution in [2.45, 2.75) is 197 Å². The van der Waals surface area contributed by atoms with Crippen molar-refractivity contribution in [3.8, 4) is 0 Å². The Morgan fingerprint density at radius 3 is 0.869 bits per heavy atom. The number of carbonyl (C=O) groups is 4. The third-order valence-electron chi connectivity index (χ3n) is 20.6. The van der Waals surface area contributed by atoms with Crippen molar-refractivity contribution in [2.24, 2.45) is 0 Å². The molecule has 0 aromatic heterocycles. The van der Waals surface area contributed by atoms with Crippen LogP contribution in [0.1, 0.15) is 172 Å². The van der Waals surface area contributed by atoms with Crippen LogP contribution < -0.4 is 40.2 Å². The smallest absolute Gasteiger partial charge is 0.257 e. The third-order valence-corrected chi connectivity index (χ3v) is 28.7. The average molecular weight is 1920 g/mol. The Labute approximate surface area is 734 Å². The Morgan fingerprint density at radius 2 is 0.582 bits per heavy atom. The minimum Gasteiger partial charge on any atom is -0.390 e. The molecule has 122 heavy (non-hydrogen) atoms. The highest BCUT2D eigenvalue weighted by molar-refractivity contribution is 7.90. The van der Waals surface area contributed by atoms with E-state index in [1.54, 1.807) is 27.7 Å². The predicted molar refractivity (Wildman–Crippen MR) is 451 cm³/mol. The molecule has 12 N–H and O–H groups in total. The molecule has 0 saturated heterocycles. The van der Waals surface area contributed by atoms with Crippen LogP contribution in [-0.4, -0.2) is 124 Å². The van der Waals surface area contributed by atoms with Crippen molar-refractivity contribution in [3.05, 3.63) is 232 Å². The normalized spacial score (nSPS) is 21.8. The number of anilines is 4. The Kier molecular flexibility index (Phi) is 32.7. The highest BCUT2D eigenvalue weighted by Gasteiger charge is 2.41. The summed E-state index contributed by atoms with van der Waals surface area (Å²) in [5, 5.41) is 50.0. The van der Waals surface area contributed by atoms with E-state index in [1.165, 1.54) is 78.9 Å². The van der Waals surface area contributed by atoms with E-state index in [-0.39, 0.29) is 101 Å². The third kappa shape index (κ3) is 25.9. The van der Waals surface area contributed by atoms with Gasteiger partial charge in [0.05, 0.1) is 118 Å². The van der Waals surface area contributed by atoms with E-state index in [9.17, 15) is 104 Å². The van der Waals surface area contributed by atoms with Crippen LogP contribution in [0, 0.1) is 40.7 Å². The summed E-state index contributed by atoms with van der Waals surface area (Å²) in [6, 6.07) is 22.4.